The lowest BCUT2D eigenvalue weighted by atomic mass is 9.91. The molecule has 3 heteroatoms. The second-order valence-electron chi connectivity index (χ2n) is 4.16. The highest BCUT2D eigenvalue weighted by atomic mass is 35.5. The van der Waals surface area contributed by atoms with Gasteiger partial charge in [0.1, 0.15) is 0 Å². The summed E-state index contributed by atoms with van der Waals surface area (Å²) in [7, 11) is 0. The van der Waals surface area contributed by atoms with Crippen LogP contribution in [0.2, 0.25) is 5.02 Å². The number of benzene rings is 2. The van der Waals surface area contributed by atoms with Crippen LogP contribution in [0.5, 0.6) is 0 Å². The molecule has 1 unspecified atom stereocenters. The molecule has 0 aliphatic carbocycles. The van der Waals surface area contributed by atoms with Crippen molar-refractivity contribution in [1.29, 1.82) is 0 Å². The van der Waals surface area contributed by atoms with Gasteiger partial charge in [-0.15, -0.1) is 0 Å². The quantitative estimate of drug-likeness (QED) is 0.901. The lowest BCUT2D eigenvalue weighted by molar-refractivity contribution is -0.119. The van der Waals surface area contributed by atoms with Crippen LogP contribution in [0, 0.1) is 0 Å². The van der Waals surface area contributed by atoms with Crippen molar-refractivity contribution in [1.82, 2.24) is 0 Å². The molecule has 2 aromatic rings. The Labute approximate surface area is 111 Å². The highest BCUT2D eigenvalue weighted by Crippen LogP contribution is 2.24. The van der Waals surface area contributed by atoms with Crippen LogP contribution in [0.25, 0.3) is 0 Å². The number of amides is 1. The molecule has 2 N–H and O–H groups in total. The van der Waals surface area contributed by atoms with Gasteiger partial charge >= 0.3 is 0 Å². The maximum atomic E-state index is 11.6. The summed E-state index contributed by atoms with van der Waals surface area (Å²) in [6.07, 6.45) is 0.527. The summed E-state index contributed by atoms with van der Waals surface area (Å²) < 4.78 is 0. The van der Waals surface area contributed by atoms with Crippen molar-refractivity contribution in [3.05, 3.63) is 70.7 Å². The van der Waals surface area contributed by atoms with E-state index >= 15 is 0 Å². The van der Waals surface area contributed by atoms with Crippen LogP contribution in [-0.2, 0) is 11.2 Å². The maximum absolute atomic E-state index is 11.6. The predicted molar refractivity (Wildman–Crippen MR) is 73.5 cm³/mol. The number of rotatable bonds is 4. The Morgan fingerprint density at radius 3 is 2.28 bits per heavy atom. The van der Waals surface area contributed by atoms with Crippen LogP contribution in [0.1, 0.15) is 17.0 Å². The topological polar surface area (TPSA) is 43.1 Å². The van der Waals surface area contributed by atoms with Gasteiger partial charge in [-0.1, -0.05) is 60.1 Å². The Kier molecular flexibility index (Phi) is 4.00. The first-order valence-electron chi connectivity index (χ1n) is 5.76. The fraction of sp³-hybridized carbons (Fsp3) is 0.133. The molecule has 0 aliphatic heterocycles. The van der Waals surface area contributed by atoms with Gasteiger partial charge in [-0.3, -0.25) is 4.79 Å². The van der Waals surface area contributed by atoms with Crippen molar-refractivity contribution in [2.45, 2.75) is 12.3 Å². The predicted octanol–water partition coefficient (Wildman–Crippen LogP) is 3.15. The van der Waals surface area contributed by atoms with Crippen molar-refractivity contribution in [3.8, 4) is 0 Å². The lowest BCUT2D eigenvalue weighted by Gasteiger charge is -2.14. The molecular weight excluding hydrogens is 246 g/mol. The molecule has 0 fully saturated rings. The molecular formula is C15H14ClNO. The number of hydrogen-bond donors (Lipinski definition) is 1. The highest BCUT2D eigenvalue weighted by Gasteiger charge is 2.19. The van der Waals surface area contributed by atoms with Crippen LogP contribution < -0.4 is 5.73 Å². The van der Waals surface area contributed by atoms with Gasteiger partial charge in [0.05, 0.1) is 5.92 Å². The minimum absolute atomic E-state index is 0.332. The summed E-state index contributed by atoms with van der Waals surface area (Å²) in [6.45, 7) is 0. The van der Waals surface area contributed by atoms with Crippen molar-refractivity contribution in [3.63, 3.8) is 0 Å². The normalized spacial score (nSPS) is 12.1. The average Bonchev–Trinajstić information content (AvgIpc) is 2.38. The van der Waals surface area contributed by atoms with E-state index in [4.69, 9.17) is 17.3 Å². The fourth-order valence-corrected chi connectivity index (χ4v) is 2.16. The lowest BCUT2D eigenvalue weighted by Crippen LogP contribution is -2.23. The van der Waals surface area contributed by atoms with Crippen LogP contribution >= 0.6 is 11.6 Å². The third-order valence-corrected chi connectivity index (χ3v) is 3.30. The summed E-state index contributed by atoms with van der Waals surface area (Å²) in [6, 6.07) is 17.0. The van der Waals surface area contributed by atoms with Gasteiger partial charge in [-0.2, -0.15) is 0 Å². The van der Waals surface area contributed by atoms with E-state index in [1.807, 2.05) is 54.6 Å². The minimum Gasteiger partial charge on any atom is -0.369 e. The van der Waals surface area contributed by atoms with Gasteiger partial charge in [0, 0.05) is 5.02 Å². The van der Waals surface area contributed by atoms with Crippen molar-refractivity contribution in [2.75, 3.05) is 0 Å². The molecule has 2 nitrogen and oxygen atoms in total. The van der Waals surface area contributed by atoms with E-state index < -0.39 is 0 Å². The number of carbonyl (C=O) groups excluding carboxylic acids is 1. The second kappa shape index (κ2) is 5.69. The Balaban J connectivity index is 2.28. The van der Waals surface area contributed by atoms with Gasteiger partial charge < -0.3 is 5.73 Å². The average molecular weight is 260 g/mol. The number of hydrogen-bond acceptors (Lipinski definition) is 1. The van der Waals surface area contributed by atoms with E-state index in [1.54, 1.807) is 0 Å². The molecule has 0 bridgehead atoms. The molecule has 2 rings (SSSR count). The van der Waals surface area contributed by atoms with Crippen LogP contribution in [0.4, 0.5) is 0 Å². The number of nitrogens with two attached hydrogens (primary N) is 1. The summed E-state index contributed by atoms with van der Waals surface area (Å²) >= 11 is 6.11. The summed E-state index contributed by atoms with van der Waals surface area (Å²) in [5, 5.41) is 0.666. The molecule has 0 heterocycles. The first-order valence-corrected chi connectivity index (χ1v) is 6.14. The maximum Gasteiger partial charge on any atom is 0.225 e. The third-order valence-electron chi connectivity index (χ3n) is 2.93. The van der Waals surface area contributed by atoms with Crippen molar-refractivity contribution in [2.24, 2.45) is 5.73 Å². The molecule has 18 heavy (non-hydrogen) atoms. The molecule has 1 amide bonds. The van der Waals surface area contributed by atoms with Crippen LogP contribution in [-0.4, -0.2) is 5.91 Å². The Bertz CT molecular complexity index is 539. The highest BCUT2D eigenvalue weighted by molar-refractivity contribution is 6.31. The molecule has 0 saturated heterocycles. The summed E-state index contributed by atoms with van der Waals surface area (Å²) in [5.41, 5.74) is 7.34. The van der Waals surface area contributed by atoms with Gasteiger partial charge in [-0.05, 0) is 23.6 Å². The van der Waals surface area contributed by atoms with Crippen molar-refractivity contribution >= 4 is 17.5 Å². The minimum atomic E-state index is -0.342. The van der Waals surface area contributed by atoms with E-state index in [-0.39, 0.29) is 11.8 Å². The SMILES string of the molecule is NC(=O)C(Cc1ccccc1Cl)c1ccccc1. The Morgan fingerprint density at radius 2 is 1.67 bits per heavy atom. The van der Waals surface area contributed by atoms with E-state index in [1.165, 1.54) is 0 Å². The molecule has 0 aliphatic rings. The van der Waals surface area contributed by atoms with E-state index in [2.05, 4.69) is 0 Å². The van der Waals surface area contributed by atoms with Gasteiger partial charge in [0.15, 0.2) is 0 Å². The third kappa shape index (κ3) is 2.90. The van der Waals surface area contributed by atoms with Crippen LogP contribution in [0.3, 0.4) is 0 Å². The largest absolute Gasteiger partial charge is 0.369 e. The Morgan fingerprint density at radius 1 is 1.06 bits per heavy atom. The second-order valence-corrected chi connectivity index (χ2v) is 4.57. The van der Waals surface area contributed by atoms with E-state index in [0.29, 0.717) is 11.4 Å². The molecule has 0 aromatic heterocycles. The molecule has 2 aromatic carbocycles. The Hall–Kier alpha value is -1.80. The zero-order valence-corrected chi connectivity index (χ0v) is 10.6. The van der Waals surface area contributed by atoms with E-state index in [0.717, 1.165) is 11.1 Å². The number of halogens is 1. The van der Waals surface area contributed by atoms with E-state index in [9.17, 15) is 4.79 Å². The zero-order valence-electron chi connectivity index (χ0n) is 9.84. The molecule has 0 radical (unpaired) electrons. The number of primary amides is 1. The summed E-state index contributed by atoms with van der Waals surface area (Å²) in [4.78, 5) is 11.6. The number of carbonyl (C=O) groups is 1. The first-order chi connectivity index (χ1) is 8.68. The van der Waals surface area contributed by atoms with Gasteiger partial charge in [0.2, 0.25) is 5.91 Å². The first kappa shape index (κ1) is 12.7. The van der Waals surface area contributed by atoms with Gasteiger partial charge in [0.25, 0.3) is 0 Å². The monoisotopic (exact) mass is 259 g/mol. The summed E-state index contributed by atoms with van der Waals surface area (Å²) in [5.74, 6) is -0.674. The molecule has 0 spiro atoms. The molecule has 1 atom stereocenters. The molecule has 0 saturated carbocycles. The van der Waals surface area contributed by atoms with Crippen molar-refractivity contribution < 1.29 is 4.79 Å². The standard InChI is InChI=1S/C15H14ClNO/c16-14-9-5-4-8-12(14)10-13(15(17)18)11-6-2-1-3-7-11/h1-9,13H,10H2,(H2,17,18). The molecule has 92 valence electrons. The van der Waals surface area contributed by atoms with Gasteiger partial charge in [-0.25, -0.2) is 0 Å². The zero-order chi connectivity index (χ0) is 13.0. The van der Waals surface area contributed by atoms with Crippen LogP contribution in [0.15, 0.2) is 54.6 Å². The fourth-order valence-electron chi connectivity index (χ4n) is 1.95. The smallest absolute Gasteiger partial charge is 0.225 e.